The topological polar surface area (TPSA) is 64.3 Å². The second kappa shape index (κ2) is 5.12. The number of ether oxygens (including phenoxy) is 1. The van der Waals surface area contributed by atoms with Gasteiger partial charge in [0.05, 0.1) is 0 Å². The molecular weight excluding hydrogens is 204 g/mol. The lowest BCUT2D eigenvalue weighted by molar-refractivity contribution is 0.0684. The van der Waals surface area contributed by atoms with Gasteiger partial charge in [0.2, 0.25) is 5.95 Å². The van der Waals surface area contributed by atoms with Gasteiger partial charge < -0.3 is 15.4 Å². The maximum atomic E-state index is 5.63. The normalized spacial score (nSPS) is 17.3. The predicted octanol–water partition coefficient (Wildman–Crippen LogP) is 0.922. The van der Waals surface area contributed by atoms with Crippen LogP contribution in [0, 0.1) is 5.92 Å². The van der Waals surface area contributed by atoms with E-state index >= 15 is 0 Å². The summed E-state index contributed by atoms with van der Waals surface area (Å²) in [6, 6.07) is 1.70. The summed E-state index contributed by atoms with van der Waals surface area (Å²) in [5.74, 6) is 1.89. The van der Waals surface area contributed by atoms with Crippen LogP contribution < -0.4 is 10.6 Å². The van der Waals surface area contributed by atoms with Gasteiger partial charge in [-0.1, -0.05) is 0 Å². The average molecular weight is 222 g/mol. The zero-order valence-electron chi connectivity index (χ0n) is 9.59. The Balaban J connectivity index is 1.94. The molecule has 16 heavy (non-hydrogen) atoms. The van der Waals surface area contributed by atoms with E-state index in [2.05, 4.69) is 14.9 Å². The zero-order chi connectivity index (χ0) is 11.4. The highest BCUT2D eigenvalue weighted by Crippen LogP contribution is 2.17. The third-order valence-electron chi connectivity index (χ3n) is 2.88. The molecule has 0 unspecified atom stereocenters. The Hall–Kier alpha value is -1.36. The highest BCUT2D eigenvalue weighted by atomic mass is 16.5. The van der Waals surface area contributed by atoms with E-state index in [4.69, 9.17) is 10.5 Å². The molecule has 1 aliphatic heterocycles. The first-order chi connectivity index (χ1) is 7.75. The lowest BCUT2D eigenvalue weighted by Crippen LogP contribution is -2.30. The van der Waals surface area contributed by atoms with Crippen molar-refractivity contribution in [2.45, 2.75) is 12.8 Å². The van der Waals surface area contributed by atoms with Gasteiger partial charge in [-0.3, -0.25) is 0 Å². The van der Waals surface area contributed by atoms with Crippen molar-refractivity contribution in [2.75, 3.05) is 37.4 Å². The molecule has 1 aliphatic rings. The van der Waals surface area contributed by atoms with E-state index in [-0.39, 0.29) is 0 Å². The van der Waals surface area contributed by atoms with Crippen molar-refractivity contribution in [1.29, 1.82) is 0 Å². The third-order valence-corrected chi connectivity index (χ3v) is 2.88. The number of hydrogen-bond acceptors (Lipinski definition) is 5. The lowest BCUT2D eigenvalue weighted by Gasteiger charge is -2.27. The number of aromatic nitrogens is 2. The van der Waals surface area contributed by atoms with Crippen LogP contribution in [0.5, 0.6) is 0 Å². The van der Waals surface area contributed by atoms with E-state index < -0.39 is 0 Å². The monoisotopic (exact) mass is 222 g/mol. The van der Waals surface area contributed by atoms with E-state index in [1.54, 1.807) is 12.3 Å². The molecule has 1 fully saturated rings. The molecule has 0 bridgehead atoms. The smallest absolute Gasteiger partial charge is 0.226 e. The first-order valence-electron chi connectivity index (χ1n) is 5.63. The Labute approximate surface area is 95.6 Å². The number of nitrogen functional groups attached to an aromatic ring is 1. The molecule has 0 saturated carbocycles. The summed E-state index contributed by atoms with van der Waals surface area (Å²) < 4.78 is 5.34. The largest absolute Gasteiger partial charge is 0.384 e. The van der Waals surface area contributed by atoms with Gasteiger partial charge in [0.15, 0.2) is 0 Å². The fourth-order valence-corrected chi connectivity index (χ4v) is 1.94. The summed E-state index contributed by atoms with van der Waals surface area (Å²) in [4.78, 5) is 10.5. The number of anilines is 2. The van der Waals surface area contributed by atoms with Crippen LogP contribution in [-0.4, -0.2) is 36.8 Å². The van der Waals surface area contributed by atoms with E-state index in [0.29, 0.717) is 17.7 Å². The Morgan fingerprint density at radius 3 is 2.94 bits per heavy atom. The molecule has 1 saturated heterocycles. The molecule has 88 valence electrons. The van der Waals surface area contributed by atoms with Crippen molar-refractivity contribution < 1.29 is 4.74 Å². The van der Waals surface area contributed by atoms with Crippen LogP contribution in [0.15, 0.2) is 12.3 Å². The van der Waals surface area contributed by atoms with Crippen molar-refractivity contribution in [3.63, 3.8) is 0 Å². The summed E-state index contributed by atoms with van der Waals surface area (Å²) >= 11 is 0. The number of nitrogens with zero attached hydrogens (tertiary/aromatic N) is 3. The molecular formula is C11H18N4O. The zero-order valence-corrected chi connectivity index (χ0v) is 9.59. The second-order valence-corrected chi connectivity index (χ2v) is 4.22. The lowest BCUT2D eigenvalue weighted by atomic mass is 10.0. The Bertz CT molecular complexity index is 339. The summed E-state index contributed by atoms with van der Waals surface area (Å²) in [5.41, 5.74) is 5.63. The minimum absolute atomic E-state index is 0.517. The van der Waals surface area contributed by atoms with Gasteiger partial charge >= 0.3 is 0 Å². The first-order valence-corrected chi connectivity index (χ1v) is 5.63. The molecule has 0 amide bonds. The molecule has 2 heterocycles. The summed E-state index contributed by atoms with van der Waals surface area (Å²) in [6.07, 6.45) is 3.93. The second-order valence-electron chi connectivity index (χ2n) is 4.22. The van der Waals surface area contributed by atoms with Crippen LogP contribution in [0.3, 0.4) is 0 Å². The van der Waals surface area contributed by atoms with Crippen LogP contribution in [0.4, 0.5) is 11.8 Å². The van der Waals surface area contributed by atoms with Crippen LogP contribution in [-0.2, 0) is 4.74 Å². The predicted molar refractivity (Wildman–Crippen MR) is 63.3 cm³/mol. The molecule has 0 atom stereocenters. The number of hydrogen-bond donors (Lipinski definition) is 1. The molecule has 1 aromatic heterocycles. The highest BCUT2D eigenvalue weighted by Gasteiger charge is 2.16. The van der Waals surface area contributed by atoms with E-state index in [9.17, 15) is 0 Å². The van der Waals surface area contributed by atoms with Gasteiger partial charge in [0.1, 0.15) is 5.82 Å². The van der Waals surface area contributed by atoms with Crippen molar-refractivity contribution in [1.82, 2.24) is 9.97 Å². The quantitative estimate of drug-likeness (QED) is 0.824. The Morgan fingerprint density at radius 2 is 2.25 bits per heavy atom. The molecule has 0 aromatic carbocycles. The van der Waals surface area contributed by atoms with Crippen molar-refractivity contribution in [3.8, 4) is 0 Å². The van der Waals surface area contributed by atoms with Gasteiger partial charge in [0, 0.05) is 33.0 Å². The van der Waals surface area contributed by atoms with Crippen molar-refractivity contribution in [3.05, 3.63) is 12.3 Å². The Morgan fingerprint density at radius 1 is 1.50 bits per heavy atom. The standard InChI is InChI=1S/C11H18N4O/c1-15(8-9-3-6-16-7-4-9)11-13-5-2-10(12)14-11/h2,5,9H,3-4,6-8H2,1H3,(H2,12,13,14). The van der Waals surface area contributed by atoms with Crippen molar-refractivity contribution >= 4 is 11.8 Å². The third kappa shape index (κ3) is 2.82. The SMILES string of the molecule is CN(CC1CCOCC1)c1nccc(N)n1. The molecule has 5 heteroatoms. The van der Waals surface area contributed by atoms with Crippen LogP contribution >= 0.6 is 0 Å². The van der Waals surface area contributed by atoms with Crippen molar-refractivity contribution in [2.24, 2.45) is 5.92 Å². The van der Waals surface area contributed by atoms with Crippen LogP contribution in [0.2, 0.25) is 0 Å². The molecule has 0 spiro atoms. The van der Waals surface area contributed by atoms with Gasteiger partial charge in [-0.05, 0) is 24.8 Å². The molecule has 0 radical (unpaired) electrons. The highest BCUT2D eigenvalue weighted by molar-refractivity contribution is 5.36. The van der Waals surface area contributed by atoms with Crippen LogP contribution in [0.1, 0.15) is 12.8 Å². The van der Waals surface area contributed by atoms with Gasteiger partial charge in [0.25, 0.3) is 0 Å². The van der Waals surface area contributed by atoms with Gasteiger partial charge in [-0.2, -0.15) is 4.98 Å². The van der Waals surface area contributed by atoms with Crippen LogP contribution in [0.25, 0.3) is 0 Å². The minimum atomic E-state index is 0.517. The van der Waals surface area contributed by atoms with E-state index in [0.717, 1.165) is 32.6 Å². The minimum Gasteiger partial charge on any atom is -0.384 e. The maximum Gasteiger partial charge on any atom is 0.226 e. The number of rotatable bonds is 3. The number of nitrogens with two attached hydrogens (primary N) is 1. The Kier molecular flexibility index (Phi) is 3.56. The van der Waals surface area contributed by atoms with Gasteiger partial charge in [-0.25, -0.2) is 4.98 Å². The van der Waals surface area contributed by atoms with E-state index in [1.165, 1.54) is 0 Å². The molecule has 1 aromatic rings. The molecule has 5 nitrogen and oxygen atoms in total. The fourth-order valence-electron chi connectivity index (χ4n) is 1.94. The average Bonchev–Trinajstić information content (AvgIpc) is 2.30. The molecule has 0 aliphatic carbocycles. The summed E-state index contributed by atoms with van der Waals surface area (Å²) in [5, 5.41) is 0. The molecule has 2 rings (SSSR count). The van der Waals surface area contributed by atoms with E-state index in [1.807, 2.05) is 7.05 Å². The van der Waals surface area contributed by atoms with Gasteiger partial charge in [-0.15, -0.1) is 0 Å². The summed E-state index contributed by atoms with van der Waals surface area (Å²) in [6.45, 7) is 2.71. The maximum absolute atomic E-state index is 5.63. The summed E-state index contributed by atoms with van der Waals surface area (Å²) in [7, 11) is 2.00. The fraction of sp³-hybridized carbons (Fsp3) is 0.636. The molecule has 2 N–H and O–H groups in total. The first kappa shape index (κ1) is 11.1.